The largest absolute Gasteiger partial charge is 0.462 e. The summed E-state index contributed by atoms with van der Waals surface area (Å²) in [6, 6.07) is 24.6. The van der Waals surface area contributed by atoms with Gasteiger partial charge in [-0.25, -0.2) is 0 Å². The van der Waals surface area contributed by atoms with Gasteiger partial charge in [0, 0.05) is 23.6 Å². The van der Waals surface area contributed by atoms with Crippen LogP contribution in [0.4, 0.5) is 0 Å². The van der Waals surface area contributed by atoms with Gasteiger partial charge < -0.3 is 29.4 Å². The van der Waals surface area contributed by atoms with Crippen LogP contribution in [0, 0.1) is 0 Å². The van der Waals surface area contributed by atoms with E-state index in [9.17, 15) is 14.7 Å². The Kier molecular flexibility index (Phi) is 7.95. The average Bonchev–Trinajstić information content (AvgIpc) is 2.95. The van der Waals surface area contributed by atoms with Crippen molar-refractivity contribution in [2.24, 2.45) is 0 Å². The molecule has 2 saturated heterocycles. The molecule has 3 aromatic carbocycles. The number of benzene rings is 3. The minimum atomic E-state index is -1.12. The molecule has 5 rings (SSSR count). The molecule has 196 valence electrons. The number of allylic oxidation sites excluding steroid dienone is 1. The van der Waals surface area contributed by atoms with E-state index in [1.807, 2.05) is 42.5 Å². The van der Waals surface area contributed by atoms with Crippen molar-refractivity contribution in [1.29, 1.82) is 0 Å². The first-order valence-electron chi connectivity index (χ1n) is 12.5. The van der Waals surface area contributed by atoms with Crippen LogP contribution in [0.2, 0.25) is 0 Å². The number of carbonyl (C=O) groups excluding carboxylic acids is 2. The number of hydrogen-bond donors (Lipinski definition) is 2. The summed E-state index contributed by atoms with van der Waals surface area (Å²) in [6.07, 6.45) is -1.06. The Balaban J connectivity index is 1.35. The van der Waals surface area contributed by atoms with Gasteiger partial charge in [0.2, 0.25) is 12.2 Å². The highest BCUT2D eigenvalue weighted by molar-refractivity contribution is 6.06. The highest BCUT2D eigenvalue weighted by Crippen LogP contribution is 2.35. The maximum atomic E-state index is 12.6. The molecule has 2 aliphatic rings. The Bertz CT molecular complexity index is 1280. The lowest BCUT2D eigenvalue weighted by atomic mass is 9.95. The molecule has 0 bridgehead atoms. The summed E-state index contributed by atoms with van der Waals surface area (Å²) in [5, 5.41) is 14.0. The van der Waals surface area contributed by atoms with Crippen molar-refractivity contribution in [3.63, 3.8) is 0 Å². The van der Waals surface area contributed by atoms with Crippen molar-refractivity contribution < 1.29 is 33.6 Å². The van der Waals surface area contributed by atoms with E-state index in [0.29, 0.717) is 16.9 Å². The molecule has 6 atom stereocenters. The molecule has 38 heavy (non-hydrogen) atoms. The van der Waals surface area contributed by atoms with E-state index >= 15 is 0 Å². The van der Waals surface area contributed by atoms with Gasteiger partial charge in [-0.2, -0.15) is 0 Å². The fourth-order valence-corrected chi connectivity index (χ4v) is 4.58. The van der Waals surface area contributed by atoms with E-state index < -0.39 is 36.9 Å². The van der Waals surface area contributed by atoms with Crippen molar-refractivity contribution in [1.82, 2.24) is 5.32 Å². The molecular formula is C30H29NO7. The zero-order valence-corrected chi connectivity index (χ0v) is 20.8. The Morgan fingerprint density at radius 3 is 2.37 bits per heavy atom. The fourth-order valence-electron chi connectivity index (χ4n) is 4.58. The van der Waals surface area contributed by atoms with Crippen LogP contribution < -0.4 is 10.1 Å². The zero-order valence-electron chi connectivity index (χ0n) is 20.8. The molecule has 2 aliphatic heterocycles. The Labute approximate surface area is 220 Å². The van der Waals surface area contributed by atoms with E-state index in [0.717, 1.165) is 5.56 Å². The molecule has 8 heteroatoms. The highest BCUT2D eigenvalue weighted by Gasteiger charge is 2.50. The second-order valence-corrected chi connectivity index (χ2v) is 9.16. The number of fused-ring (bicyclic) bond motifs is 1. The van der Waals surface area contributed by atoms with Gasteiger partial charge in [0.25, 0.3) is 0 Å². The van der Waals surface area contributed by atoms with Crippen LogP contribution in [0.25, 0.3) is 6.08 Å². The Hall–Kier alpha value is -3.82. The molecule has 0 radical (unpaired) electrons. The quantitative estimate of drug-likeness (QED) is 0.366. The van der Waals surface area contributed by atoms with Crippen molar-refractivity contribution in [2.75, 3.05) is 6.61 Å². The second-order valence-electron chi connectivity index (χ2n) is 9.16. The van der Waals surface area contributed by atoms with Crippen LogP contribution in [-0.4, -0.2) is 54.0 Å². The second kappa shape index (κ2) is 11.7. The number of rotatable bonds is 7. The van der Waals surface area contributed by atoms with Crippen LogP contribution in [0.1, 0.15) is 34.7 Å². The highest BCUT2D eigenvalue weighted by atomic mass is 16.7. The first kappa shape index (κ1) is 25.8. The zero-order chi connectivity index (χ0) is 26.5. The SMILES string of the molecule is CC(=O)N[C@H]1[C@H](Oc2ccccc2/C=C/C(=O)c2ccccc2)O[C@@H]2CO[C@@H](c3ccccc3)O[C@H]2[C@@H]1O. The van der Waals surface area contributed by atoms with Crippen molar-refractivity contribution in [3.05, 3.63) is 108 Å². The molecule has 8 nitrogen and oxygen atoms in total. The normalized spacial score (nSPS) is 26.9. The van der Waals surface area contributed by atoms with E-state index in [1.165, 1.54) is 13.0 Å². The Morgan fingerprint density at radius 1 is 0.947 bits per heavy atom. The average molecular weight is 516 g/mol. The molecule has 0 aromatic heterocycles. The summed E-state index contributed by atoms with van der Waals surface area (Å²) in [6.45, 7) is 1.53. The summed E-state index contributed by atoms with van der Waals surface area (Å²) < 4.78 is 24.3. The Morgan fingerprint density at radius 2 is 1.63 bits per heavy atom. The van der Waals surface area contributed by atoms with Crippen LogP contribution in [0.3, 0.4) is 0 Å². The third-order valence-corrected chi connectivity index (χ3v) is 6.44. The lowest BCUT2D eigenvalue weighted by molar-refractivity contribution is -0.333. The summed E-state index contributed by atoms with van der Waals surface area (Å²) in [5.41, 5.74) is 2.03. The molecule has 2 fully saturated rings. The molecule has 1 amide bonds. The molecule has 0 saturated carbocycles. The fraction of sp³-hybridized carbons (Fsp3) is 0.267. The number of aliphatic hydroxyl groups is 1. The molecule has 3 aromatic rings. The van der Waals surface area contributed by atoms with Gasteiger partial charge in [0.05, 0.1) is 6.61 Å². The van der Waals surface area contributed by atoms with E-state index in [1.54, 1.807) is 48.5 Å². The molecular weight excluding hydrogens is 486 g/mol. The van der Waals surface area contributed by atoms with Gasteiger partial charge in [-0.15, -0.1) is 0 Å². The summed E-state index contributed by atoms with van der Waals surface area (Å²) in [4.78, 5) is 24.6. The van der Waals surface area contributed by atoms with Gasteiger partial charge in [0.15, 0.2) is 12.1 Å². The smallest absolute Gasteiger partial charge is 0.223 e. The third-order valence-electron chi connectivity index (χ3n) is 6.44. The van der Waals surface area contributed by atoms with E-state index in [-0.39, 0.29) is 18.3 Å². The maximum Gasteiger partial charge on any atom is 0.223 e. The summed E-state index contributed by atoms with van der Waals surface area (Å²) in [5.74, 6) is -0.0680. The van der Waals surface area contributed by atoms with Crippen molar-refractivity contribution >= 4 is 17.8 Å². The van der Waals surface area contributed by atoms with Crippen LogP contribution in [-0.2, 0) is 19.0 Å². The number of carbonyl (C=O) groups is 2. The molecule has 0 spiro atoms. The first-order valence-corrected chi connectivity index (χ1v) is 12.5. The van der Waals surface area contributed by atoms with E-state index in [2.05, 4.69) is 5.32 Å². The maximum absolute atomic E-state index is 12.6. The van der Waals surface area contributed by atoms with Crippen LogP contribution in [0.5, 0.6) is 5.75 Å². The van der Waals surface area contributed by atoms with E-state index in [4.69, 9.17) is 18.9 Å². The number of aliphatic hydroxyl groups excluding tert-OH is 1. The summed E-state index contributed by atoms with van der Waals surface area (Å²) in [7, 11) is 0. The number of ketones is 1. The van der Waals surface area contributed by atoms with Gasteiger partial charge in [-0.05, 0) is 18.2 Å². The number of hydrogen-bond acceptors (Lipinski definition) is 7. The van der Waals surface area contributed by atoms with Crippen LogP contribution >= 0.6 is 0 Å². The third kappa shape index (κ3) is 5.84. The number of para-hydroxylation sites is 1. The monoisotopic (exact) mass is 515 g/mol. The number of nitrogens with one attached hydrogen (secondary N) is 1. The van der Waals surface area contributed by atoms with Gasteiger partial charge in [0.1, 0.15) is 30.1 Å². The van der Waals surface area contributed by atoms with Crippen molar-refractivity contribution in [3.8, 4) is 5.75 Å². The molecule has 2 N–H and O–H groups in total. The molecule has 2 heterocycles. The lowest BCUT2D eigenvalue weighted by Crippen LogP contribution is -2.67. The van der Waals surface area contributed by atoms with Gasteiger partial charge >= 0.3 is 0 Å². The minimum Gasteiger partial charge on any atom is -0.462 e. The summed E-state index contributed by atoms with van der Waals surface area (Å²) >= 11 is 0. The number of ether oxygens (including phenoxy) is 4. The predicted molar refractivity (Wildman–Crippen MR) is 139 cm³/mol. The topological polar surface area (TPSA) is 103 Å². The number of amides is 1. The standard InChI is InChI=1S/C30H29NO7/c1-19(32)31-26-27(34)28-25(18-35-29(38-28)22-13-6-3-7-14-22)37-30(26)36-24-15-9-8-12-21(24)16-17-23(33)20-10-4-2-5-11-20/h2-17,25-30,34H,18H2,1H3,(H,31,32)/b17-16+/t25-,26-,27-,28-,29-,30-/m1/s1. The first-order chi connectivity index (χ1) is 18.5. The molecule has 0 unspecified atom stereocenters. The predicted octanol–water partition coefficient (Wildman–Crippen LogP) is 3.67. The van der Waals surface area contributed by atoms with Gasteiger partial charge in [-0.3, -0.25) is 9.59 Å². The van der Waals surface area contributed by atoms with Crippen molar-refractivity contribution in [2.45, 2.75) is 43.9 Å². The van der Waals surface area contributed by atoms with Gasteiger partial charge in [-0.1, -0.05) is 78.9 Å². The lowest BCUT2D eigenvalue weighted by Gasteiger charge is -2.47. The molecule has 0 aliphatic carbocycles. The van der Waals surface area contributed by atoms with Crippen LogP contribution in [0.15, 0.2) is 91.0 Å². The minimum absolute atomic E-state index is 0.145.